The van der Waals surface area contributed by atoms with Crippen LogP contribution in [-0.2, 0) is 9.59 Å². The maximum Gasteiger partial charge on any atom is 0.300 e. The molecule has 0 saturated carbocycles. The molecule has 2 aromatic carbocycles. The molecule has 1 N–H and O–H groups in total. The maximum atomic E-state index is 13.2. The third kappa shape index (κ3) is 3.84. The van der Waals surface area contributed by atoms with Gasteiger partial charge >= 0.3 is 0 Å². The highest BCUT2D eigenvalue weighted by Crippen LogP contribution is 2.44. The summed E-state index contributed by atoms with van der Waals surface area (Å²) in [7, 11) is 4.49. The van der Waals surface area contributed by atoms with Gasteiger partial charge in [-0.1, -0.05) is 0 Å². The Hall–Kier alpha value is -3.72. The normalized spacial score (nSPS) is 17.3. The van der Waals surface area contributed by atoms with Crippen molar-refractivity contribution in [2.24, 2.45) is 0 Å². The van der Waals surface area contributed by atoms with Gasteiger partial charge in [-0.05, 0) is 58.4 Å². The van der Waals surface area contributed by atoms with E-state index in [1.807, 2.05) is 0 Å². The molecule has 8 nitrogen and oxygen atoms in total. The van der Waals surface area contributed by atoms with Gasteiger partial charge in [0.1, 0.15) is 23.3 Å². The van der Waals surface area contributed by atoms with Crippen molar-refractivity contribution in [1.29, 1.82) is 0 Å². The van der Waals surface area contributed by atoms with Crippen molar-refractivity contribution in [3.63, 3.8) is 0 Å². The van der Waals surface area contributed by atoms with Gasteiger partial charge in [0.25, 0.3) is 11.7 Å². The summed E-state index contributed by atoms with van der Waals surface area (Å²) in [5, 5.41) is 11.1. The van der Waals surface area contributed by atoms with Crippen LogP contribution >= 0.6 is 15.9 Å². The zero-order chi connectivity index (χ0) is 23.7. The van der Waals surface area contributed by atoms with E-state index in [1.54, 1.807) is 48.5 Å². The first-order valence-corrected chi connectivity index (χ1v) is 10.6. The van der Waals surface area contributed by atoms with E-state index < -0.39 is 17.7 Å². The lowest BCUT2D eigenvalue weighted by Crippen LogP contribution is -2.29. The van der Waals surface area contributed by atoms with Gasteiger partial charge in [-0.2, -0.15) is 0 Å². The Morgan fingerprint density at radius 1 is 0.970 bits per heavy atom. The number of amides is 1. The molecule has 0 bridgehead atoms. The first kappa shape index (κ1) is 22.5. The summed E-state index contributed by atoms with van der Waals surface area (Å²) in [6, 6.07) is 12.0. The van der Waals surface area contributed by atoms with Gasteiger partial charge in [0.15, 0.2) is 11.5 Å². The van der Waals surface area contributed by atoms with Crippen molar-refractivity contribution in [3.8, 4) is 17.2 Å². The number of nitrogens with zero attached hydrogens (tertiary/aromatic N) is 1. The minimum absolute atomic E-state index is 0.0956. The molecule has 9 heteroatoms. The van der Waals surface area contributed by atoms with Gasteiger partial charge in [0, 0.05) is 17.3 Å². The second-order valence-corrected chi connectivity index (χ2v) is 7.93. The van der Waals surface area contributed by atoms with Crippen molar-refractivity contribution in [2.45, 2.75) is 6.04 Å². The van der Waals surface area contributed by atoms with Gasteiger partial charge in [-0.3, -0.25) is 14.5 Å². The van der Waals surface area contributed by atoms with Crippen LogP contribution in [0, 0.1) is 0 Å². The summed E-state index contributed by atoms with van der Waals surface area (Å²) in [5.41, 5.74) is 0.623. The molecule has 2 heterocycles. The van der Waals surface area contributed by atoms with E-state index in [2.05, 4.69) is 15.9 Å². The minimum atomic E-state index is -0.987. The molecule has 4 rings (SSSR count). The van der Waals surface area contributed by atoms with Crippen LogP contribution in [0.3, 0.4) is 0 Å². The molecule has 1 unspecified atom stereocenters. The van der Waals surface area contributed by atoms with Crippen LogP contribution in [0.5, 0.6) is 17.2 Å². The van der Waals surface area contributed by atoms with Crippen LogP contribution in [0.2, 0.25) is 0 Å². The van der Waals surface area contributed by atoms with Crippen LogP contribution < -0.4 is 19.1 Å². The van der Waals surface area contributed by atoms with Crippen LogP contribution in [-0.4, -0.2) is 38.1 Å². The Kier molecular flexibility index (Phi) is 6.15. The van der Waals surface area contributed by atoms with Gasteiger partial charge in [-0.15, -0.1) is 0 Å². The van der Waals surface area contributed by atoms with Crippen LogP contribution in [0.15, 0.2) is 69.3 Å². The number of ketones is 1. The molecule has 0 aliphatic carbocycles. The molecule has 1 aliphatic heterocycles. The lowest BCUT2D eigenvalue weighted by molar-refractivity contribution is -0.132. The number of aliphatic hydroxyl groups is 1. The molecule has 170 valence electrons. The lowest BCUT2D eigenvalue weighted by atomic mass is 9.99. The van der Waals surface area contributed by atoms with Crippen molar-refractivity contribution < 1.29 is 33.3 Å². The van der Waals surface area contributed by atoms with Crippen LogP contribution in [0.4, 0.5) is 5.69 Å². The summed E-state index contributed by atoms with van der Waals surface area (Å²) in [4.78, 5) is 27.6. The molecular weight excluding hydrogens is 494 g/mol. The lowest BCUT2D eigenvalue weighted by Gasteiger charge is -2.24. The highest BCUT2D eigenvalue weighted by molar-refractivity contribution is 9.10. The third-order valence-corrected chi connectivity index (χ3v) is 5.95. The molecular formula is C24H20BrNO7. The van der Waals surface area contributed by atoms with Gasteiger partial charge in [-0.25, -0.2) is 0 Å². The first-order valence-electron chi connectivity index (χ1n) is 9.81. The monoisotopic (exact) mass is 513 g/mol. The number of benzene rings is 2. The second kappa shape index (κ2) is 9.03. The number of rotatable bonds is 6. The molecule has 1 amide bonds. The van der Waals surface area contributed by atoms with Gasteiger partial charge in [0.2, 0.25) is 0 Å². The largest absolute Gasteiger partial charge is 0.507 e. The van der Waals surface area contributed by atoms with Crippen molar-refractivity contribution in [1.82, 2.24) is 0 Å². The molecule has 3 aromatic rings. The number of Topliss-reactive ketones (excluding diaryl/α,β-unsaturated/α-hetero) is 1. The van der Waals surface area contributed by atoms with E-state index >= 15 is 0 Å². The van der Waals surface area contributed by atoms with E-state index in [0.29, 0.717) is 38.7 Å². The SMILES string of the molecule is COc1ccc(/C(O)=C2/C(=O)C(=O)N(c3ccc(OC)c(OC)c3)C2c2ccco2)cc1Br. The Labute approximate surface area is 198 Å². The molecule has 33 heavy (non-hydrogen) atoms. The van der Waals surface area contributed by atoms with Crippen LogP contribution in [0.1, 0.15) is 17.4 Å². The Morgan fingerprint density at radius 2 is 1.67 bits per heavy atom. The maximum absolute atomic E-state index is 13.2. The average Bonchev–Trinajstić information content (AvgIpc) is 3.45. The fourth-order valence-electron chi connectivity index (χ4n) is 3.76. The van der Waals surface area contributed by atoms with E-state index in [0.717, 1.165) is 0 Å². The Balaban J connectivity index is 1.90. The number of ether oxygens (including phenoxy) is 3. The number of anilines is 1. The quantitative estimate of drug-likeness (QED) is 0.290. The zero-order valence-electron chi connectivity index (χ0n) is 18.0. The number of carbonyl (C=O) groups excluding carboxylic acids is 2. The fourth-order valence-corrected chi connectivity index (χ4v) is 4.30. The van der Waals surface area contributed by atoms with Crippen molar-refractivity contribution in [2.75, 3.05) is 26.2 Å². The molecule has 0 spiro atoms. The van der Waals surface area contributed by atoms with Crippen molar-refractivity contribution >= 4 is 39.1 Å². The molecule has 1 aromatic heterocycles. The smallest absolute Gasteiger partial charge is 0.300 e. The number of carbonyl (C=O) groups is 2. The predicted octanol–water partition coefficient (Wildman–Crippen LogP) is 4.69. The molecule has 1 saturated heterocycles. The number of halogens is 1. The summed E-state index contributed by atoms with van der Waals surface area (Å²) in [5.74, 6) is -0.253. The molecule has 1 atom stereocenters. The Bertz CT molecular complexity index is 1250. The van der Waals surface area contributed by atoms with E-state index in [1.165, 1.54) is 32.5 Å². The fraction of sp³-hybridized carbons (Fsp3) is 0.167. The number of hydrogen-bond donors (Lipinski definition) is 1. The second-order valence-electron chi connectivity index (χ2n) is 7.07. The summed E-state index contributed by atoms with van der Waals surface area (Å²) >= 11 is 3.38. The molecule has 1 fully saturated rings. The predicted molar refractivity (Wildman–Crippen MR) is 124 cm³/mol. The molecule has 0 radical (unpaired) electrons. The summed E-state index contributed by atoms with van der Waals surface area (Å²) < 4.78 is 22.0. The topological polar surface area (TPSA) is 98.4 Å². The number of methoxy groups -OCH3 is 3. The van der Waals surface area contributed by atoms with Crippen molar-refractivity contribution in [3.05, 3.63) is 76.2 Å². The number of furan rings is 1. The standard InChI is InChI=1S/C24H20BrNO7/c1-30-16-8-6-13(11-15(16)25)22(27)20-21(18-5-4-10-33-18)26(24(29)23(20)28)14-7-9-17(31-2)19(12-14)32-3/h4-12,21,27H,1-3H3/b22-20-. The third-order valence-electron chi connectivity index (χ3n) is 5.33. The van der Waals surface area contributed by atoms with Gasteiger partial charge in [0.05, 0.1) is 37.6 Å². The number of aliphatic hydroxyl groups excluding tert-OH is 1. The first-order chi connectivity index (χ1) is 15.9. The van der Waals surface area contributed by atoms with Gasteiger partial charge < -0.3 is 23.7 Å². The van der Waals surface area contributed by atoms with E-state index in [4.69, 9.17) is 18.6 Å². The highest BCUT2D eigenvalue weighted by Gasteiger charge is 2.48. The van der Waals surface area contributed by atoms with E-state index in [9.17, 15) is 14.7 Å². The summed E-state index contributed by atoms with van der Waals surface area (Å²) in [6.45, 7) is 0. The molecule has 1 aliphatic rings. The number of hydrogen-bond acceptors (Lipinski definition) is 7. The average molecular weight is 514 g/mol. The Morgan fingerprint density at radius 3 is 2.27 bits per heavy atom. The minimum Gasteiger partial charge on any atom is -0.507 e. The van der Waals surface area contributed by atoms with Crippen LogP contribution in [0.25, 0.3) is 5.76 Å². The summed E-state index contributed by atoms with van der Waals surface area (Å²) in [6.07, 6.45) is 1.44. The zero-order valence-corrected chi connectivity index (χ0v) is 19.6. The highest BCUT2D eigenvalue weighted by atomic mass is 79.9. The van der Waals surface area contributed by atoms with E-state index in [-0.39, 0.29) is 11.3 Å².